The average molecular weight is 453 g/mol. The van der Waals surface area contributed by atoms with E-state index in [9.17, 15) is 13.2 Å². The molecule has 0 spiro atoms. The van der Waals surface area contributed by atoms with Crippen LogP contribution in [0.15, 0.2) is 47.4 Å². The van der Waals surface area contributed by atoms with Gasteiger partial charge in [0.05, 0.1) is 16.7 Å². The molecule has 0 fully saturated rings. The molecular formula is C22H29ClN2O4S. The summed E-state index contributed by atoms with van der Waals surface area (Å²) in [5.41, 5.74) is 2.42. The number of ether oxygens (including phenoxy) is 1. The van der Waals surface area contributed by atoms with Crippen LogP contribution in [-0.2, 0) is 19.6 Å². The number of halogens is 1. The van der Waals surface area contributed by atoms with Gasteiger partial charge in [-0.15, -0.1) is 0 Å². The third kappa shape index (κ3) is 6.72. The first-order valence-electron chi connectivity index (χ1n) is 9.85. The maximum absolute atomic E-state index is 13.3. The summed E-state index contributed by atoms with van der Waals surface area (Å²) in [5.74, 6) is -0.379. The van der Waals surface area contributed by atoms with E-state index in [-0.39, 0.29) is 23.5 Å². The Hall–Kier alpha value is -2.09. The number of amides is 1. The number of anilines is 1. The number of carbonyl (C=O) groups excluding carboxylic acids is 1. The normalized spacial score (nSPS) is 11.5. The second-order valence-corrected chi connectivity index (χ2v) is 9.66. The molecule has 0 heterocycles. The fraction of sp³-hybridized carbons (Fsp3) is 0.409. The number of benzene rings is 2. The Kier molecular flexibility index (Phi) is 8.70. The minimum absolute atomic E-state index is 0.0725. The largest absolute Gasteiger partial charge is 0.379 e. The predicted molar refractivity (Wildman–Crippen MR) is 121 cm³/mol. The molecule has 1 amide bonds. The van der Waals surface area contributed by atoms with Gasteiger partial charge >= 0.3 is 0 Å². The highest BCUT2D eigenvalue weighted by Gasteiger charge is 2.27. The molecule has 0 unspecified atom stereocenters. The van der Waals surface area contributed by atoms with E-state index in [0.29, 0.717) is 30.3 Å². The number of nitrogens with one attached hydrogen (secondary N) is 1. The standard InChI is InChI=1S/C22H29ClN2O4S/c1-16(2)29-13-5-12-24-22(26)15-25(20-9-6-17(3)18(4)14-20)30(27,28)21-10-7-19(23)8-11-21/h6-11,14,16H,5,12-13,15H2,1-4H3,(H,24,26). The van der Waals surface area contributed by atoms with E-state index in [4.69, 9.17) is 16.3 Å². The summed E-state index contributed by atoms with van der Waals surface area (Å²) in [5, 5.41) is 3.21. The van der Waals surface area contributed by atoms with Gasteiger partial charge in [-0.05, 0) is 81.6 Å². The number of sulfonamides is 1. The lowest BCUT2D eigenvalue weighted by Gasteiger charge is -2.25. The number of hydrogen-bond acceptors (Lipinski definition) is 4. The monoisotopic (exact) mass is 452 g/mol. The van der Waals surface area contributed by atoms with Crippen molar-refractivity contribution in [2.75, 3.05) is 24.0 Å². The van der Waals surface area contributed by atoms with Gasteiger partial charge in [0.15, 0.2) is 0 Å². The Morgan fingerprint density at radius 1 is 1.10 bits per heavy atom. The molecule has 30 heavy (non-hydrogen) atoms. The zero-order chi connectivity index (χ0) is 22.3. The smallest absolute Gasteiger partial charge is 0.264 e. The van der Waals surface area contributed by atoms with Gasteiger partial charge in [-0.25, -0.2) is 8.42 Å². The predicted octanol–water partition coefficient (Wildman–Crippen LogP) is 4.08. The Bertz CT molecular complexity index is 960. The summed E-state index contributed by atoms with van der Waals surface area (Å²) in [6.45, 7) is 8.36. The van der Waals surface area contributed by atoms with Crippen LogP contribution in [0.5, 0.6) is 0 Å². The van der Waals surface area contributed by atoms with Crippen LogP contribution in [0.25, 0.3) is 0 Å². The first-order chi connectivity index (χ1) is 14.1. The summed E-state index contributed by atoms with van der Waals surface area (Å²) in [7, 11) is -3.95. The van der Waals surface area contributed by atoms with Crippen LogP contribution in [0.2, 0.25) is 5.02 Å². The zero-order valence-corrected chi connectivity index (χ0v) is 19.4. The minimum atomic E-state index is -3.95. The highest BCUT2D eigenvalue weighted by atomic mass is 35.5. The molecule has 164 valence electrons. The number of hydrogen-bond donors (Lipinski definition) is 1. The fourth-order valence-corrected chi connectivity index (χ4v) is 4.27. The molecule has 0 radical (unpaired) electrons. The third-order valence-corrected chi connectivity index (χ3v) is 6.60. The van der Waals surface area contributed by atoms with Crippen molar-refractivity contribution < 1.29 is 17.9 Å². The molecule has 8 heteroatoms. The van der Waals surface area contributed by atoms with Crippen LogP contribution in [0.4, 0.5) is 5.69 Å². The third-order valence-electron chi connectivity index (χ3n) is 4.56. The van der Waals surface area contributed by atoms with Crippen molar-refractivity contribution in [3.63, 3.8) is 0 Å². The van der Waals surface area contributed by atoms with Crippen molar-refractivity contribution in [1.82, 2.24) is 5.32 Å². The molecule has 0 aliphatic heterocycles. The van der Waals surface area contributed by atoms with Gasteiger partial charge in [-0.2, -0.15) is 0 Å². The molecule has 2 aromatic carbocycles. The summed E-state index contributed by atoms with van der Waals surface area (Å²) >= 11 is 5.90. The first kappa shape index (κ1) is 24.2. The van der Waals surface area contributed by atoms with Crippen LogP contribution in [0.3, 0.4) is 0 Å². The molecule has 0 atom stereocenters. The quantitative estimate of drug-likeness (QED) is 0.551. The second-order valence-electron chi connectivity index (χ2n) is 7.36. The molecule has 0 aromatic heterocycles. The van der Waals surface area contributed by atoms with Gasteiger partial charge in [-0.3, -0.25) is 9.10 Å². The van der Waals surface area contributed by atoms with E-state index in [1.807, 2.05) is 33.8 Å². The SMILES string of the molecule is Cc1ccc(N(CC(=O)NCCCOC(C)C)S(=O)(=O)c2ccc(Cl)cc2)cc1C. The van der Waals surface area contributed by atoms with E-state index in [1.165, 1.54) is 24.3 Å². The zero-order valence-electron chi connectivity index (χ0n) is 17.8. The van der Waals surface area contributed by atoms with Gasteiger partial charge in [0.25, 0.3) is 10.0 Å². The minimum Gasteiger partial charge on any atom is -0.379 e. The summed E-state index contributed by atoms with van der Waals surface area (Å²) in [6.07, 6.45) is 0.780. The Morgan fingerprint density at radius 2 is 1.77 bits per heavy atom. The number of rotatable bonds is 10. The highest BCUT2D eigenvalue weighted by Crippen LogP contribution is 2.26. The van der Waals surface area contributed by atoms with Gasteiger partial charge < -0.3 is 10.1 Å². The number of carbonyl (C=O) groups is 1. The van der Waals surface area contributed by atoms with Crippen LogP contribution in [0.1, 0.15) is 31.4 Å². The van der Waals surface area contributed by atoms with E-state index < -0.39 is 10.0 Å². The van der Waals surface area contributed by atoms with Crippen LogP contribution >= 0.6 is 11.6 Å². The van der Waals surface area contributed by atoms with Gasteiger partial charge in [-0.1, -0.05) is 17.7 Å². The van der Waals surface area contributed by atoms with Crippen LogP contribution in [-0.4, -0.2) is 40.1 Å². The Morgan fingerprint density at radius 3 is 2.37 bits per heavy atom. The van der Waals surface area contributed by atoms with Gasteiger partial charge in [0, 0.05) is 18.2 Å². The molecule has 0 saturated heterocycles. The lowest BCUT2D eigenvalue weighted by atomic mass is 10.1. The van der Waals surface area contributed by atoms with E-state index >= 15 is 0 Å². The van der Waals surface area contributed by atoms with Crippen LogP contribution < -0.4 is 9.62 Å². The van der Waals surface area contributed by atoms with Crippen LogP contribution in [0, 0.1) is 13.8 Å². The Balaban J connectivity index is 2.22. The average Bonchev–Trinajstić information content (AvgIpc) is 2.68. The first-order valence-corrected chi connectivity index (χ1v) is 11.7. The van der Waals surface area contributed by atoms with E-state index in [1.54, 1.807) is 12.1 Å². The molecule has 0 saturated carbocycles. The molecule has 1 N–H and O–H groups in total. The highest BCUT2D eigenvalue weighted by molar-refractivity contribution is 7.92. The summed E-state index contributed by atoms with van der Waals surface area (Å²) < 4.78 is 33.2. The molecule has 2 aromatic rings. The van der Waals surface area contributed by atoms with Crippen molar-refractivity contribution in [1.29, 1.82) is 0 Å². The number of aryl methyl sites for hydroxylation is 2. The summed E-state index contributed by atoms with van der Waals surface area (Å²) in [6, 6.07) is 11.2. The Labute approximate surface area is 184 Å². The second kappa shape index (κ2) is 10.8. The maximum Gasteiger partial charge on any atom is 0.264 e. The molecule has 0 bridgehead atoms. The lowest BCUT2D eigenvalue weighted by Crippen LogP contribution is -2.41. The van der Waals surface area contributed by atoms with Crippen molar-refractivity contribution >= 4 is 33.2 Å². The van der Waals surface area contributed by atoms with Gasteiger partial charge in [0.2, 0.25) is 5.91 Å². The lowest BCUT2D eigenvalue weighted by molar-refractivity contribution is -0.119. The molecule has 2 rings (SSSR count). The van der Waals surface area contributed by atoms with Crippen molar-refractivity contribution in [2.45, 2.75) is 45.1 Å². The van der Waals surface area contributed by atoms with Gasteiger partial charge in [0.1, 0.15) is 6.54 Å². The summed E-state index contributed by atoms with van der Waals surface area (Å²) in [4.78, 5) is 12.6. The van der Waals surface area contributed by atoms with Crippen molar-refractivity contribution in [3.8, 4) is 0 Å². The van der Waals surface area contributed by atoms with Crippen molar-refractivity contribution in [2.24, 2.45) is 0 Å². The molecule has 0 aliphatic carbocycles. The molecule has 0 aliphatic rings. The number of nitrogens with zero attached hydrogens (tertiary/aromatic N) is 1. The molecule has 6 nitrogen and oxygen atoms in total. The maximum atomic E-state index is 13.3. The topological polar surface area (TPSA) is 75.7 Å². The van der Waals surface area contributed by atoms with E-state index in [2.05, 4.69) is 5.32 Å². The van der Waals surface area contributed by atoms with Crippen molar-refractivity contribution in [3.05, 3.63) is 58.6 Å². The van der Waals surface area contributed by atoms with E-state index in [0.717, 1.165) is 15.4 Å². The molecular weight excluding hydrogens is 424 g/mol. The fourth-order valence-electron chi connectivity index (χ4n) is 2.73.